The van der Waals surface area contributed by atoms with Crippen LogP contribution >= 0.6 is 11.3 Å². The summed E-state index contributed by atoms with van der Waals surface area (Å²) in [6.07, 6.45) is 9.24. The maximum absolute atomic E-state index is 13.2. The lowest BCUT2D eigenvalue weighted by Gasteiger charge is -2.10. The van der Waals surface area contributed by atoms with Crippen LogP contribution in [-0.4, -0.2) is 20.3 Å². The first-order valence-electron chi connectivity index (χ1n) is 9.34. The molecular weight excluding hydrogens is 372 g/mol. The number of amides is 1. The molecule has 0 fully saturated rings. The van der Waals surface area contributed by atoms with E-state index in [0.29, 0.717) is 17.8 Å². The lowest BCUT2D eigenvalue weighted by molar-refractivity contribution is 0.0950. The van der Waals surface area contributed by atoms with E-state index in [1.54, 1.807) is 42.1 Å². The smallest absolute Gasteiger partial charge is 0.266 e. The summed E-state index contributed by atoms with van der Waals surface area (Å²) in [6, 6.07) is 7.17. The Labute approximate surface area is 164 Å². The number of pyridine rings is 2. The van der Waals surface area contributed by atoms with Crippen LogP contribution in [0.1, 0.15) is 39.2 Å². The highest BCUT2D eigenvalue weighted by Crippen LogP contribution is 2.33. The Morgan fingerprint density at radius 2 is 2.11 bits per heavy atom. The topological polar surface area (TPSA) is 76.4 Å². The van der Waals surface area contributed by atoms with Crippen molar-refractivity contribution in [1.82, 2.24) is 19.7 Å². The van der Waals surface area contributed by atoms with E-state index in [0.717, 1.165) is 40.6 Å². The number of nitrogens with one attached hydrogen (secondary N) is 1. The molecule has 140 valence electrons. The Balaban J connectivity index is 1.53. The van der Waals surface area contributed by atoms with E-state index in [2.05, 4.69) is 15.3 Å². The van der Waals surface area contributed by atoms with Crippen molar-refractivity contribution in [3.8, 4) is 0 Å². The zero-order valence-corrected chi connectivity index (χ0v) is 16.0. The van der Waals surface area contributed by atoms with Gasteiger partial charge in [-0.2, -0.15) is 0 Å². The van der Waals surface area contributed by atoms with Crippen molar-refractivity contribution in [2.45, 2.75) is 32.2 Å². The number of hydrogen-bond donors (Lipinski definition) is 1. The third-order valence-electron chi connectivity index (χ3n) is 5.17. The van der Waals surface area contributed by atoms with Gasteiger partial charge in [0.15, 0.2) is 0 Å². The van der Waals surface area contributed by atoms with Crippen LogP contribution in [0.2, 0.25) is 0 Å². The minimum atomic E-state index is -0.231. The molecule has 0 spiro atoms. The van der Waals surface area contributed by atoms with E-state index in [4.69, 9.17) is 0 Å². The van der Waals surface area contributed by atoms with Gasteiger partial charge in [0.1, 0.15) is 10.5 Å². The van der Waals surface area contributed by atoms with E-state index < -0.39 is 0 Å². The average molecular weight is 390 g/mol. The fraction of sp³-hybridized carbons (Fsp3) is 0.238. The third kappa shape index (κ3) is 2.88. The number of carbonyl (C=O) groups excluding carboxylic acids is 1. The summed E-state index contributed by atoms with van der Waals surface area (Å²) in [7, 11) is 0. The van der Waals surface area contributed by atoms with Crippen LogP contribution in [0.3, 0.4) is 0 Å². The number of hydrogen-bond acceptors (Lipinski definition) is 5. The highest BCUT2D eigenvalue weighted by atomic mass is 32.1. The van der Waals surface area contributed by atoms with Gasteiger partial charge in [0.2, 0.25) is 0 Å². The number of aryl methyl sites for hydroxylation is 2. The minimum absolute atomic E-state index is 0.0821. The van der Waals surface area contributed by atoms with E-state index in [-0.39, 0.29) is 11.5 Å². The van der Waals surface area contributed by atoms with E-state index in [1.807, 2.05) is 12.1 Å². The van der Waals surface area contributed by atoms with Crippen LogP contribution in [0.5, 0.6) is 0 Å². The van der Waals surface area contributed by atoms with E-state index in [9.17, 15) is 9.59 Å². The number of aromatic nitrogens is 3. The Morgan fingerprint density at radius 3 is 2.96 bits per heavy atom. The van der Waals surface area contributed by atoms with E-state index >= 15 is 0 Å². The molecule has 0 saturated heterocycles. The normalized spacial score (nSPS) is 13.6. The van der Waals surface area contributed by atoms with E-state index in [1.165, 1.54) is 15.7 Å². The molecule has 1 aliphatic rings. The summed E-state index contributed by atoms with van der Waals surface area (Å²) in [6.45, 7) is 0.384. The molecule has 0 radical (unpaired) electrons. The highest BCUT2D eigenvalue weighted by molar-refractivity contribution is 7.18. The summed E-state index contributed by atoms with van der Waals surface area (Å²) in [5.41, 5.74) is 3.00. The zero-order chi connectivity index (χ0) is 19.1. The van der Waals surface area contributed by atoms with Crippen LogP contribution in [0, 0.1) is 0 Å². The Morgan fingerprint density at radius 1 is 1.21 bits per heavy atom. The van der Waals surface area contributed by atoms with Crippen molar-refractivity contribution in [3.05, 3.63) is 74.8 Å². The standard InChI is InChI=1S/C21H18N4O2S/c26-19(23-11-13-4-3-9-22-10-13)14-7-8-17-24-20-18(21(27)25(17)12-14)15-5-1-2-6-16(15)28-20/h3-4,7-10,12H,1-2,5-6,11H2,(H,23,26). The molecule has 0 unspecified atom stereocenters. The quantitative estimate of drug-likeness (QED) is 0.583. The molecule has 6 nitrogen and oxygen atoms in total. The number of thiophene rings is 1. The van der Waals surface area contributed by atoms with Gasteiger partial charge in [-0.1, -0.05) is 6.07 Å². The van der Waals surface area contributed by atoms with Crippen molar-refractivity contribution >= 4 is 33.1 Å². The van der Waals surface area contributed by atoms with Crippen molar-refractivity contribution in [3.63, 3.8) is 0 Å². The summed E-state index contributed by atoms with van der Waals surface area (Å²) in [5.74, 6) is -0.231. The maximum atomic E-state index is 13.2. The number of fused-ring (bicyclic) bond motifs is 4. The van der Waals surface area contributed by atoms with Crippen LogP contribution in [0.25, 0.3) is 15.9 Å². The second-order valence-electron chi connectivity index (χ2n) is 7.00. The van der Waals surface area contributed by atoms with Gasteiger partial charge in [-0.25, -0.2) is 4.98 Å². The van der Waals surface area contributed by atoms with Crippen LogP contribution in [0.15, 0.2) is 47.7 Å². The van der Waals surface area contributed by atoms with Gasteiger partial charge in [0.25, 0.3) is 11.5 Å². The molecule has 1 N–H and O–H groups in total. The van der Waals surface area contributed by atoms with Crippen molar-refractivity contribution in [2.75, 3.05) is 0 Å². The number of nitrogens with zero attached hydrogens (tertiary/aromatic N) is 3. The Kier molecular flexibility index (Phi) is 4.16. The first-order chi connectivity index (χ1) is 13.7. The molecule has 4 aromatic heterocycles. The Bertz CT molecular complexity index is 1260. The predicted octanol–water partition coefficient (Wildman–Crippen LogP) is 3.11. The van der Waals surface area contributed by atoms with Gasteiger partial charge in [-0.3, -0.25) is 19.0 Å². The summed E-state index contributed by atoms with van der Waals surface area (Å²) < 4.78 is 1.50. The fourth-order valence-electron chi connectivity index (χ4n) is 3.74. The van der Waals surface area contributed by atoms with Gasteiger partial charge in [-0.05, 0) is 55.0 Å². The molecule has 7 heteroatoms. The molecule has 1 aliphatic carbocycles. The van der Waals surface area contributed by atoms with Gasteiger partial charge in [-0.15, -0.1) is 11.3 Å². The van der Waals surface area contributed by atoms with Crippen molar-refractivity contribution < 1.29 is 4.79 Å². The first kappa shape index (κ1) is 17.1. The molecule has 0 atom stereocenters. The zero-order valence-electron chi connectivity index (χ0n) is 15.1. The molecule has 0 bridgehead atoms. The van der Waals surface area contributed by atoms with Gasteiger partial charge >= 0.3 is 0 Å². The molecular formula is C21H18N4O2S. The average Bonchev–Trinajstić information content (AvgIpc) is 3.11. The highest BCUT2D eigenvalue weighted by Gasteiger charge is 2.20. The molecule has 0 aromatic carbocycles. The molecule has 28 heavy (non-hydrogen) atoms. The van der Waals surface area contributed by atoms with Crippen molar-refractivity contribution in [1.29, 1.82) is 0 Å². The summed E-state index contributed by atoms with van der Waals surface area (Å²) in [5, 5.41) is 3.60. The molecule has 5 rings (SSSR count). The monoisotopic (exact) mass is 390 g/mol. The van der Waals surface area contributed by atoms with Gasteiger partial charge < -0.3 is 5.32 Å². The van der Waals surface area contributed by atoms with Crippen molar-refractivity contribution in [2.24, 2.45) is 0 Å². The summed E-state index contributed by atoms with van der Waals surface area (Å²) >= 11 is 1.64. The van der Waals surface area contributed by atoms with Crippen LogP contribution in [-0.2, 0) is 19.4 Å². The fourth-order valence-corrected chi connectivity index (χ4v) is 5.00. The molecule has 0 saturated carbocycles. The first-order valence-corrected chi connectivity index (χ1v) is 10.2. The SMILES string of the molecule is O=C(NCc1cccnc1)c1ccc2nc3sc4c(c3c(=O)n2c1)CCCC4. The second kappa shape index (κ2) is 6.83. The molecule has 0 aliphatic heterocycles. The Hall–Kier alpha value is -3.06. The largest absolute Gasteiger partial charge is 0.348 e. The van der Waals surface area contributed by atoms with Crippen LogP contribution < -0.4 is 10.9 Å². The molecule has 4 aromatic rings. The minimum Gasteiger partial charge on any atom is -0.348 e. The number of rotatable bonds is 3. The third-order valence-corrected chi connectivity index (χ3v) is 6.35. The number of carbonyl (C=O) groups is 1. The van der Waals surface area contributed by atoms with Gasteiger partial charge in [0, 0.05) is 30.0 Å². The molecule has 4 heterocycles. The second-order valence-corrected chi connectivity index (χ2v) is 8.08. The van der Waals surface area contributed by atoms with Crippen LogP contribution in [0.4, 0.5) is 0 Å². The predicted molar refractivity (Wildman–Crippen MR) is 109 cm³/mol. The lowest BCUT2D eigenvalue weighted by Crippen LogP contribution is -2.24. The lowest BCUT2D eigenvalue weighted by atomic mass is 9.97. The van der Waals surface area contributed by atoms with Gasteiger partial charge in [0.05, 0.1) is 10.9 Å². The summed E-state index contributed by atoms with van der Waals surface area (Å²) in [4.78, 5) is 36.5. The maximum Gasteiger partial charge on any atom is 0.266 e. The molecule has 1 amide bonds.